The highest BCUT2D eigenvalue weighted by Gasteiger charge is 2.11. The summed E-state index contributed by atoms with van der Waals surface area (Å²) >= 11 is 0. The number of nitrogens with zero attached hydrogens (tertiary/aromatic N) is 6. The van der Waals surface area contributed by atoms with Crippen molar-refractivity contribution in [1.29, 1.82) is 0 Å². The van der Waals surface area contributed by atoms with E-state index < -0.39 is 6.55 Å². The Labute approximate surface area is 139 Å². The van der Waals surface area contributed by atoms with Gasteiger partial charge in [0, 0.05) is 38.4 Å². The third kappa shape index (κ3) is 4.74. The molecule has 0 aliphatic heterocycles. The second-order valence-electron chi connectivity index (χ2n) is 4.94. The van der Waals surface area contributed by atoms with Crippen molar-refractivity contribution in [2.45, 2.75) is 39.9 Å². The van der Waals surface area contributed by atoms with Gasteiger partial charge in [0.15, 0.2) is 5.96 Å². The highest BCUT2D eigenvalue weighted by molar-refractivity contribution is 5.79. The van der Waals surface area contributed by atoms with Crippen LogP contribution in [-0.4, -0.2) is 43.4 Å². The Hall–Kier alpha value is -2.52. The highest BCUT2D eigenvalue weighted by atomic mass is 19.3. The molecule has 0 amide bonds. The average molecular weight is 340 g/mol. The molecule has 2 aromatic rings. The summed E-state index contributed by atoms with van der Waals surface area (Å²) in [5.74, 6) is 1.68. The van der Waals surface area contributed by atoms with E-state index in [1.54, 1.807) is 6.33 Å². The molecular formula is C14H22F2N8. The number of hydrogen-bond acceptors (Lipinski definition) is 4. The van der Waals surface area contributed by atoms with Gasteiger partial charge in [0.05, 0.1) is 0 Å². The van der Waals surface area contributed by atoms with Gasteiger partial charge in [0.1, 0.15) is 24.5 Å². The number of imidazole rings is 1. The zero-order valence-corrected chi connectivity index (χ0v) is 13.8. The molecule has 0 atom stereocenters. The van der Waals surface area contributed by atoms with Crippen molar-refractivity contribution >= 4 is 5.96 Å². The molecule has 0 unspecified atom stereocenters. The fraction of sp³-hybridized carbons (Fsp3) is 0.571. The molecule has 0 saturated heterocycles. The number of hydrogen-bond donors (Lipinski definition) is 2. The standard InChI is InChI=1S/C14H22F2N8/c1-3-11-22-21-10-23(11)7-5-19-14(17-4-2)20-9-12-18-6-8-24(12)13(15)16/h6,8,10,13H,3-5,7,9H2,1-2H3,(H2,17,19,20). The van der Waals surface area contributed by atoms with Crippen molar-refractivity contribution in [2.75, 3.05) is 13.1 Å². The predicted molar refractivity (Wildman–Crippen MR) is 85.7 cm³/mol. The molecule has 132 valence electrons. The highest BCUT2D eigenvalue weighted by Crippen LogP contribution is 2.12. The molecule has 2 N–H and O–H groups in total. The van der Waals surface area contributed by atoms with Crippen LogP contribution in [0.1, 0.15) is 32.0 Å². The van der Waals surface area contributed by atoms with Crippen LogP contribution >= 0.6 is 0 Å². The SMILES string of the molecule is CCNC(=NCc1nccn1C(F)F)NCCn1cnnc1CC. The van der Waals surface area contributed by atoms with Gasteiger partial charge in [-0.05, 0) is 6.92 Å². The monoisotopic (exact) mass is 340 g/mol. The zero-order chi connectivity index (χ0) is 17.4. The fourth-order valence-electron chi connectivity index (χ4n) is 2.17. The minimum absolute atomic E-state index is 0.0690. The lowest BCUT2D eigenvalue weighted by atomic mass is 10.4. The van der Waals surface area contributed by atoms with Gasteiger partial charge < -0.3 is 15.2 Å². The van der Waals surface area contributed by atoms with Crippen LogP contribution in [-0.2, 0) is 19.5 Å². The van der Waals surface area contributed by atoms with Crippen LogP contribution in [0.5, 0.6) is 0 Å². The smallest absolute Gasteiger partial charge is 0.319 e. The topological polar surface area (TPSA) is 85.0 Å². The molecule has 8 nitrogen and oxygen atoms in total. The maximum Gasteiger partial charge on any atom is 0.319 e. The molecule has 0 aliphatic carbocycles. The quantitative estimate of drug-likeness (QED) is 0.557. The van der Waals surface area contributed by atoms with Gasteiger partial charge in [0.25, 0.3) is 0 Å². The Morgan fingerprint density at radius 1 is 1.29 bits per heavy atom. The van der Waals surface area contributed by atoms with E-state index in [1.165, 1.54) is 12.4 Å². The van der Waals surface area contributed by atoms with E-state index in [0.717, 1.165) is 16.8 Å². The summed E-state index contributed by atoms with van der Waals surface area (Å²) in [6, 6.07) is 0. The lowest BCUT2D eigenvalue weighted by molar-refractivity contribution is 0.0671. The molecule has 0 spiro atoms. The Kier molecular flexibility index (Phi) is 6.64. The van der Waals surface area contributed by atoms with Crippen LogP contribution in [0.4, 0.5) is 8.78 Å². The largest absolute Gasteiger partial charge is 0.357 e. The number of guanidine groups is 1. The molecule has 2 rings (SSSR count). The van der Waals surface area contributed by atoms with E-state index in [2.05, 4.69) is 30.8 Å². The first-order chi connectivity index (χ1) is 11.7. The van der Waals surface area contributed by atoms with Gasteiger partial charge in [-0.1, -0.05) is 6.92 Å². The molecule has 0 fully saturated rings. The van der Waals surface area contributed by atoms with Gasteiger partial charge in [-0.15, -0.1) is 10.2 Å². The van der Waals surface area contributed by atoms with Crippen molar-refractivity contribution in [2.24, 2.45) is 4.99 Å². The van der Waals surface area contributed by atoms with Crippen molar-refractivity contribution in [3.8, 4) is 0 Å². The summed E-state index contributed by atoms with van der Waals surface area (Å²) in [4.78, 5) is 8.21. The van der Waals surface area contributed by atoms with E-state index in [9.17, 15) is 8.78 Å². The minimum atomic E-state index is -2.62. The van der Waals surface area contributed by atoms with Crippen molar-refractivity contribution in [1.82, 2.24) is 34.9 Å². The lowest BCUT2D eigenvalue weighted by Gasteiger charge is -2.12. The third-order valence-corrected chi connectivity index (χ3v) is 3.34. The third-order valence-electron chi connectivity index (χ3n) is 3.34. The van der Waals surface area contributed by atoms with E-state index in [4.69, 9.17) is 0 Å². The minimum Gasteiger partial charge on any atom is -0.357 e. The maximum absolute atomic E-state index is 12.8. The molecule has 10 heteroatoms. The molecule has 0 aliphatic rings. The Bertz CT molecular complexity index is 649. The number of aliphatic imine (C=N–C) groups is 1. The van der Waals surface area contributed by atoms with Crippen molar-refractivity contribution in [3.05, 3.63) is 30.4 Å². The summed E-state index contributed by atoms with van der Waals surface area (Å²) in [6.07, 6.45) is 5.08. The molecule has 2 aromatic heterocycles. The van der Waals surface area contributed by atoms with E-state index >= 15 is 0 Å². The zero-order valence-electron chi connectivity index (χ0n) is 13.8. The molecule has 2 heterocycles. The van der Waals surface area contributed by atoms with Gasteiger partial charge in [-0.2, -0.15) is 8.78 Å². The summed E-state index contributed by atoms with van der Waals surface area (Å²) in [5.41, 5.74) is 0. The number of halogens is 2. The fourth-order valence-corrected chi connectivity index (χ4v) is 2.17. The number of aromatic nitrogens is 5. The molecule has 0 radical (unpaired) electrons. The number of nitrogens with one attached hydrogen (secondary N) is 2. The normalized spacial score (nSPS) is 12.0. The molecular weight excluding hydrogens is 318 g/mol. The van der Waals surface area contributed by atoms with Crippen LogP contribution in [0.2, 0.25) is 0 Å². The van der Waals surface area contributed by atoms with Gasteiger partial charge in [-0.3, -0.25) is 4.57 Å². The lowest BCUT2D eigenvalue weighted by Crippen LogP contribution is -2.39. The molecule has 0 saturated carbocycles. The van der Waals surface area contributed by atoms with Crippen LogP contribution in [0.25, 0.3) is 0 Å². The van der Waals surface area contributed by atoms with Gasteiger partial charge >= 0.3 is 6.55 Å². The number of rotatable bonds is 8. The summed E-state index contributed by atoms with van der Waals surface area (Å²) in [5, 5.41) is 14.1. The first-order valence-electron chi connectivity index (χ1n) is 7.84. The van der Waals surface area contributed by atoms with Crippen LogP contribution in [0, 0.1) is 0 Å². The number of alkyl halides is 2. The Balaban J connectivity index is 1.92. The number of aryl methyl sites for hydroxylation is 1. The van der Waals surface area contributed by atoms with Crippen LogP contribution in [0.3, 0.4) is 0 Å². The summed E-state index contributed by atoms with van der Waals surface area (Å²) in [6.45, 7) is 3.37. The average Bonchev–Trinajstić information content (AvgIpc) is 3.21. The first-order valence-corrected chi connectivity index (χ1v) is 7.84. The molecule has 0 bridgehead atoms. The Morgan fingerprint density at radius 2 is 2.12 bits per heavy atom. The second-order valence-corrected chi connectivity index (χ2v) is 4.94. The maximum atomic E-state index is 12.8. The Morgan fingerprint density at radius 3 is 2.83 bits per heavy atom. The van der Waals surface area contributed by atoms with E-state index in [-0.39, 0.29) is 12.4 Å². The van der Waals surface area contributed by atoms with E-state index in [1.807, 2.05) is 18.4 Å². The summed E-state index contributed by atoms with van der Waals surface area (Å²) in [7, 11) is 0. The van der Waals surface area contributed by atoms with Gasteiger partial charge in [-0.25, -0.2) is 9.98 Å². The van der Waals surface area contributed by atoms with Gasteiger partial charge in [0.2, 0.25) is 0 Å². The van der Waals surface area contributed by atoms with E-state index in [0.29, 0.717) is 25.6 Å². The molecule has 24 heavy (non-hydrogen) atoms. The van der Waals surface area contributed by atoms with Crippen molar-refractivity contribution < 1.29 is 8.78 Å². The first kappa shape index (κ1) is 17.8. The predicted octanol–water partition coefficient (Wildman–Crippen LogP) is 1.19. The van der Waals surface area contributed by atoms with Crippen LogP contribution < -0.4 is 10.6 Å². The van der Waals surface area contributed by atoms with Crippen LogP contribution in [0.15, 0.2) is 23.7 Å². The second kappa shape index (κ2) is 8.94. The summed E-state index contributed by atoms with van der Waals surface area (Å²) < 4.78 is 28.3. The molecule has 0 aromatic carbocycles. The van der Waals surface area contributed by atoms with Crippen molar-refractivity contribution in [3.63, 3.8) is 0 Å².